The zero-order valence-corrected chi connectivity index (χ0v) is 8.69. The van der Waals surface area contributed by atoms with E-state index in [4.69, 9.17) is 11.8 Å². The minimum atomic E-state index is -0.653. The first kappa shape index (κ1) is 11.5. The van der Waals surface area contributed by atoms with Crippen LogP contribution in [0, 0.1) is 0 Å². The molecule has 15 heavy (non-hydrogen) atoms. The van der Waals surface area contributed by atoms with Crippen LogP contribution in [0.15, 0.2) is 18.2 Å². The molecule has 0 aromatic heterocycles. The maximum atomic E-state index is 11.4. The summed E-state index contributed by atoms with van der Waals surface area (Å²) in [7, 11) is 0. The third-order valence-corrected chi connectivity index (χ3v) is 2.12. The predicted molar refractivity (Wildman–Crippen MR) is 54.9 cm³/mol. The molecule has 0 aliphatic rings. The van der Waals surface area contributed by atoms with Crippen molar-refractivity contribution < 1.29 is 14.5 Å². The summed E-state index contributed by atoms with van der Waals surface area (Å²) in [5, 5.41) is 0. The van der Waals surface area contributed by atoms with Crippen molar-refractivity contribution >= 4 is 5.97 Å². The second-order valence-corrected chi connectivity index (χ2v) is 3.40. The van der Waals surface area contributed by atoms with E-state index in [0.29, 0.717) is 0 Å². The van der Waals surface area contributed by atoms with Crippen molar-refractivity contribution in [3.05, 3.63) is 29.3 Å². The number of nitrogens with two attached hydrogens (primary N) is 2. The third-order valence-electron chi connectivity index (χ3n) is 2.12. The van der Waals surface area contributed by atoms with E-state index in [0.717, 1.165) is 5.56 Å². The van der Waals surface area contributed by atoms with Crippen molar-refractivity contribution in [1.82, 2.24) is 0 Å². The third kappa shape index (κ3) is 2.26. The van der Waals surface area contributed by atoms with Gasteiger partial charge in [-0.05, 0) is 17.5 Å². The van der Waals surface area contributed by atoms with Crippen LogP contribution >= 0.6 is 0 Å². The van der Waals surface area contributed by atoms with E-state index in [1.54, 1.807) is 18.2 Å². The van der Waals surface area contributed by atoms with Gasteiger partial charge in [-0.2, -0.15) is 11.8 Å². The lowest BCUT2D eigenvalue weighted by Crippen LogP contribution is -2.16. The summed E-state index contributed by atoms with van der Waals surface area (Å²) in [6.07, 6.45) is 0. The lowest BCUT2D eigenvalue weighted by molar-refractivity contribution is 0.0496. The zero-order chi connectivity index (χ0) is 11.4. The molecule has 0 amide bonds. The van der Waals surface area contributed by atoms with Gasteiger partial charge >= 0.3 is 5.97 Å². The van der Waals surface area contributed by atoms with Gasteiger partial charge in [0.2, 0.25) is 0 Å². The number of benzene rings is 1. The molecule has 0 unspecified atom stereocenters. The van der Waals surface area contributed by atoms with Crippen molar-refractivity contribution in [2.75, 3.05) is 0 Å². The molecule has 0 atom stereocenters. The summed E-state index contributed by atoms with van der Waals surface area (Å²) in [4.78, 5) is 20.2. The van der Waals surface area contributed by atoms with Gasteiger partial charge in [0.05, 0.1) is 0 Å². The second kappa shape index (κ2) is 4.77. The maximum Gasteiger partial charge on any atom is 0.360 e. The Bertz CT molecular complexity index is 364. The van der Waals surface area contributed by atoms with Gasteiger partial charge in [-0.1, -0.05) is 26.0 Å². The Balaban J connectivity index is 3.33. The summed E-state index contributed by atoms with van der Waals surface area (Å²) in [6, 6.07) is 5.14. The van der Waals surface area contributed by atoms with Crippen LogP contribution in [0.2, 0.25) is 0 Å². The summed E-state index contributed by atoms with van der Waals surface area (Å²) < 4.78 is 0. The first-order valence-electron chi connectivity index (χ1n) is 4.52. The van der Waals surface area contributed by atoms with E-state index in [9.17, 15) is 4.79 Å². The molecule has 0 fully saturated rings. The first-order valence-corrected chi connectivity index (χ1v) is 4.52. The van der Waals surface area contributed by atoms with E-state index >= 15 is 0 Å². The lowest BCUT2D eigenvalue weighted by Gasteiger charge is -2.13. The van der Waals surface area contributed by atoms with Crippen molar-refractivity contribution in [1.29, 1.82) is 0 Å². The zero-order valence-electron chi connectivity index (χ0n) is 8.69. The second-order valence-electron chi connectivity index (χ2n) is 3.40. The normalized spacial score (nSPS) is 10.2. The fraction of sp³-hybridized carbons (Fsp3) is 0.300. The number of hydrogen-bond donors (Lipinski definition) is 2. The molecule has 5 nitrogen and oxygen atoms in total. The van der Waals surface area contributed by atoms with Crippen LogP contribution in [0.25, 0.3) is 0 Å². The van der Waals surface area contributed by atoms with E-state index in [1.807, 2.05) is 13.8 Å². The van der Waals surface area contributed by atoms with E-state index in [1.165, 1.54) is 0 Å². The van der Waals surface area contributed by atoms with Gasteiger partial charge in [-0.3, -0.25) is 0 Å². The molecule has 82 valence electrons. The number of carbonyl (C=O) groups excluding carboxylic acids is 1. The molecule has 1 aromatic carbocycles. The van der Waals surface area contributed by atoms with E-state index in [2.05, 4.69) is 9.68 Å². The van der Waals surface area contributed by atoms with Crippen LogP contribution in [0.3, 0.4) is 0 Å². The molecule has 0 heterocycles. The summed E-state index contributed by atoms with van der Waals surface area (Å²) in [5.41, 5.74) is 1.06. The lowest BCUT2D eigenvalue weighted by atomic mass is 9.96. The number of carbonyl (C=O) groups is 1. The van der Waals surface area contributed by atoms with Crippen LogP contribution < -0.4 is 16.6 Å². The molecular formula is C10H14N2O3. The van der Waals surface area contributed by atoms with Crippen molar-refractivity contribution in [2.45, 2.75) is 19.8 Å². The minimum Gasteiger partial charge on any atom is -0.411 e. The Morgan fingerprint density at radius 3 is 2.47 bits per heavy atom. The molecule has 4 N–H and O–H groups in total. The van der Waals surface area contributed by atoms with Gasteiger partial charge in [0.1, 0.15) is 5.56 Å². The predicted octanol–water partition coefficient (Wildman–Crippen LogP) is 1.09. The molecule has 0 saturated carbocycles. The van der Waals surface area contributed by atoms with Gasteiger partial charge < -0.3 is 9.68 Å². The average Bonchev–Trinajstić information content (AvgIpc) is 2.26. The summed E-state index contributed by atoms with van der Waals surface area (Å²) >= 11 is 0. The van der Waals surface area contributed by atoms with Crippen LogP contribution in [0.4, 0.5) is 0 Å². The summed E-state index contributed by atoms with van der Waals surface area (Å²) in [6.45, 7) is 3.89. The number of rotatable bonds is 3. The maximum absolute atomic E-state index is 11.4. The first-order chi connectivity index (χ1) is 7.11. The SMILES string of the molecule is CC(C)c1cccc(ON)c1C(=O)ON. The topological polar surface area (TPSA) is 87.6 Å². The molecule has 0 bridgehead atoms. The Morgan fingerprint density at radius 1 is 1.33 bits per heavy atom. The van der Waals surface area contributed by atoms with Crippen molar-refractivity contribution in [2.24, 2.45) is 11.8 Å². The van der Waals surface area contributed by atoms with E-state index in [-0.39, 0.29) is 17.2 Å². The quantitative estimate of drug-likeness (QED) is 0.729. The monoisotopic (exact) mass is 210 g/mol. The van der Waals surface area contributed by atoms with Gasteiger partial charge in [0.25, 0.3) is 0 Å². The van der Waals surface area contributed by atoms with Crippen molar-refractivity contribution in [3.8, 4) is 5.75 Å². The molecule has 0 saturated heterocycles. The van der Waals surface area contributed by atoms with Crippen LogP contribution in [-0.2, 0) is 4.84 Å². The highest BCUT2D eigenvalue weighted by Crippen LogP contribution is 2.27. The minimum absolute atomic E-state index is 0.147. The smallest absolute Gasteiger partial charge is 0.360 e. The van der Waals surface area contributed by atoms with Crippen LogP contribution in [-0.4, -0.2) is 5.97 Å². The highest BCUT2D eigenvalue weighted by Gasteiger charge is 2.20. The Hall–Kier alpha value is -1.59. The Labute approximate surface area is 87.9 Å². The highest BCUT2D eigenvalue weighted by molar-refractivity contribution is 5.94. The Kier molecular flexibility index (Phi) is 3.65. The highest BCUT2D eigenvalue weighted by atomic mass is 16.7. The van der Waals surface area contributed by atoms with Gasteiger partial charge in [-0.15, -0.1) is 0 Å². The molecule has 5 heteroatoms. The Morgan fingerprint density at radius 2 is 2.00 bits per heavy atom. The molecule has 1 aromatic rings. The molecule has 1 rings (SSSR count). The fourth-order valence-corrected chi connectivity index (χ4v) is 1.40. The largest absolute Gasteiger partial charge is 0.411 e. The van der Waals surface area contributed by atoms with Crippen LogP contribution in [0.5, 0.6) is 5.75 Å². The van der Waals surface area contributed by atoms with Crippen molar-refractivity contribution in [3.63, 3.8) is 0 Å². The van der Waals surface area contributed by atoms with Gasteiger partial charge in [0, 0.05) is 0 Å². The molecule has 0 spiro atoms. The van der Waals surface area contributed by atoms with E-state index < -0.39 is 5.97 Å². The average molecular weight is 210 g/mol. The summed E-state index contributed by atoms with van der Waals surface area (Å²) in [5.74, 6) is 9.67. The molecule has 0 radical (unpaired) electrons. The molecule has 0 aliphatic carbocycles. The number of hydrogen-bond acceptors (Lipinski definition) is 5. The van der Waals surface area contributed by atoms with Gasteiger partial charge in [0.15, 0.2) is 5.75 Å². The standard InChI is InChI=1S/C10H14N2O3/c1-6(2)7-4-3-5-8(14-11)9(7)10(13)15-12/h3-6H,11-12H2,1-2H3. The van der Waals surface area contributed by atoms with Crippen LogP contribution in [0.1, 0.15) is 35.7 Å². The fourth-order valence-electron chi connectivity index (χ4n) is 1.40. The molecular weight excluding hydrogens is 196 g/mol. The molecule has 0 aliphatic heterocycles. The van der Waals surface area contributed by atoms with Gasteiger partial charge in [-0.25, -0.2) is 4.79 Å².